The summed E-state index contributed by atoms with van der Waals surface area (Å²) in [7, 11) is 0. The molecule has 0 bridgehead atoms. The van der Waals surface area contributed by atoms with Crippen molar-refractivity contribution in [3.05, 3.63) is 47.5 Å². The third-order valence-corrected chi connectivity index (χ3v) is 3.90. The summed E-state index contributed by atoms with van der Waals surface area (Å²) in [5.74, 6) is 0. The monoisotopic (exact) mass is 307 g/mol. The van der Waals surface area contributed by atoms with Gasteiger partial charge in [-0.2, -0.15) is 0 Å². The highest BCUT2D eigenvalue weighted by atomic mass is 35.5. The number of urea groups is 1. The zero-order valence-electron chi connectivity index (χ0n) is 12.2. The van der Waals surface area contributed by atoms with Gasteiger partial charge in [0, 0.05) is 44.3 Å². The number of amides is 2. The van der Waals surface area contributed by atoms with Crippen molar-refractivity contribution in [3.8, 4) is 0 Å². The molecule has 1 saturated heterocycles. The molecule has 114 valence electrons. The molecule has 1 heterocycles. The number of carbonyl (C=O) groups is 1. The van der Waals surface area contributed by atoms with Crippen LogP contribution in [0.25, 0.3) is 0 Å². The van der Waals surface area contributed by atoms with E-state index in [0.717, 1.165) is 44.2 Å². The molecule has 4 nitrogen and oxygen atoms in total. The number of hydrogen-bond acceptors (Lipinski definition) is 2. The number of nitrogens with zero attached hydrogens (tertiary/aromatic N) is 2. The molecule has 0 saturated carbocycles. The van der Waals surface area contributed by atoms with Crippen LogP contribution >= 0.6 is 11.6 Å². The van der Waals surface area contributed by atoms with Gasteiger partial charge in [0.2, 0.25) is 0 Å². The van der Waals surface area contributed by atoms with Crippen LogP contribution in [0.2, 0.25) is 5.02 Å². The Morgan fingerprint density at radius 3 is 2.52 bits per heavy atom. The minimum absolute atomic E-state index is 0.0298. The Labute approximate surface area is 131 Å². The molecule has 1 N–H and O–H groups in total. The third kappa shape index (κ3) is 5.06. The number of halogens is 1. The first-order valence-electron chi connectivity index (χ1n) is 7.29. The van der Waals surface area contributed by atoms with Gasteiger partial charge in [0.1, 0.15) is 0 Å². The van der Waals surface area contributed by atoms with Crippen molar-refractivity contribution in [1.29, 1.82) is 0 Å². The van der Waals surface area contributed by atoms with Crippen molar-refractivity contribution >= 4 is 17.6 Å². The molecule has 5 heteroatoms. The maximum atomic E-state index is 12.1. The molecule has 21 heavy (non-hydrogen) atoms. The van der Waals surface area contributed by atoms with Crippen molar-refractivity contribution < 1.29 is 4.79 Å². The van der Waals surface area contributed by atoms with Crippen LogP contribution in [0.1, 0.15) is 5.56 Å². The fraction of sp³-hybridized carbons (Fsp3) is 0.438. The lowest BCUT2D eigenvalue weighted by Gasteiger charge is -2.34. The van der Waals surface area contributed by atoms with Gasteiger partial charge in [-0.05, 0) is 24.1 Å². The highest BCUT2D eigenvalue weighted by molar-refractivity contribution is 6.30. The molecule has 0 unspecified atom stereocenters. The van der Waals surface area contributed by atoms with Gasteiger partial charge >= 0.3 is 6.03 Å². The Balaban J connectivity index is 1.68. The summed E-state index contributed by atoms with van der Waals surface area (Å²) in [5, 5.41) is 3.71. The maximum absolute atomic E-state index is 12.1. The number of nitrogens with one attached hydrogen (secondary N) is 1. The fourth-order valence-electron chi connectivity index (χ4n) is 2.39. The number of hydrogen-bond donors (Lipinski definition) is 1. The molecule has 1 aliphatic heterocycles. The van der Waals surface area contributed by atoms with Crippen LogP contribution in [0.15, 0.2) is 36.9 Å². The maximum Gasteiger partial charge on any atom is 0.317 e. The highest BCUT2D eigenvalue weighted by Crippen LogP contribution is 2.09. The Bertz CT molecular complexity index is 467. The first-order chi connectivity index (χ1) is 10.2. The molecular weight excluding hydrogens is 286 g/mol. The van der Waals surface area contributed by atoms with Crippen LogP contribution in [-0.2, 0) is 6.42 Å². The van der Waals surface area contributed by atoms with E-state index >= 15 is 0 Å². The van der Waals surface area contributed by atoms with E-state index < -0.39 is 0 Å². The van der Waals surface area contributed by atoms with E-state index in [1.54, 1.807) is 0 Å². The lowest BCUT2D eigenvalue weighted by Crippen LogP contribution is -2.51. The first-order valence-corrected chi connectivity index (χ1v) is 7.67. The second kappa shape index (κ2) is 8.05. The summed E-state index contributed by atoms with van der Waals surface area (Å²) in [6.45, 7) is 8.67. The van der Waals surface area contributed by atoms with Crippen LogP contribution in [0.4, 0.5) is 4.79 Å². The van der Waals surface area contributed by atoms with E-state index in [4.69, 9.17) is 11.6 Å². The van der Waals surface area contributed by atoms with Crippen LogP contribution in [-0.4, -0.2) is 55.1 Å². The van der Waals surface area contributed by atoms with E-state index in [1.807, 2.05) is 35.2 Å². The molecule has 1 fully saturated rings. The standard InChI is InChI=1S/C16H22ClN3O/c1-2-9-19-10-12-20(13-11-19)16(21)18-8-7-14-3-5-15(17)6-4-14/h2-6H,1,7-13H2,(H,18,21). The lowest BCUT2D eigenvalue weighted by atomic mass is 10.1. The van der Waals surface area contributed by atoms with Crippen molar-refractivity contribution in [2.45, 2.75) is 6.42 Å². The Hall–Kier alpha value is -1.52. The van der Waals surface area contributed by atoms with Gasteiger partial charge in [-0.15, -0.1) is 6.58 Å². The second-order valence-corrected chi connectivity index (χ2v) is 5.62. The van der Waals surface area contributed by atoms with Gasteiger partial charge in [0.25, 0.3) is 0 Å². The van der Waals surface area contributed by atoms with Crippen molar-refractivity contribution in [2.75, 3.05) is 39.3 Å². The Kier molecular flexibility index (Phi) is 6.08. The van der Waals surface area contributed by atoms with Crippen LogP contribution in [0, 0.1) is 0 Å². The van der Waals surface area contributed by atoms with Gasteiger partial charge in [0.15, 0.2) is 0 Å². The van der Waals surface area contributed by atoms with Gasteiger partial charge < -0.3 is 10.2 Å². The predicted octanol–water partition coefficient (Wildman–Crippen LogP) is 2.40. The minimum Gasteiger partial charge on any atom is -0.338 e. The molecule has 2 rings (SSSR count). The fourth-order valence-corrected chi connectivity index (χ4v) is 2.52. The minimum atomic E-state index is 0.0298. The van der Waals surface area contributed by atoms with Gasteiger partial charge in [-0.25, -0.2) is 4.79 Å². The molecular formula is C16H22ClN3O. The second-order valence-electron chi connectivity index (χ2n) is 5.18. The van der Waals surface area contributed by atoms with Crippen molar-refractivity contribution in [1.82, 2.24) is 15.1 Å². The lowest BCUT2D eigenvalue weighted by molar-refractivity contribution is 0.147. The summed E-state index contributed by atoms with van der Waals surface area (Å²) in [6.07, 6.45) is 2.72. The predicted molar refractivity (Wildman–Crippen MR) is 86.8 cm³/mol. The van der Waals surface area contributed by atoms with Gasteiger partial charge in [-0.3, -0.25) is 4.90 Å². The summed E-state index contributed by atoms with van der Waals surface area (Å²) in [4.78, 5) is 16.2. The van der Waals surface area contributed by atoms with E-state index in [1.165, 1.54) is 5.56 Å². The highest BCUT2D eigenvalue weighted by Gasteiger charge is 2.19. The molecule has 0 atom stereocenters. The van der Waals surface area contributed by atoms with Crippen LogP contribution in [0.5, 0.6) is 0 Å². The SMILES string of the molecule is C=CCN1CCN(C(=O)NCCc2ccc(Cl)cc2)CC1. The molecule has 1 aliphatic rings. The molecule has 0 spiro atoms. The smallest absolute Gasteiger partial charge is 0.317 e. The molecule has 0 aromatic heterocycles. The Morgan fingerprint density at radius 1 is 1.24 bits per heavy atom. The zero-order valence-corrected chi connectivity index (χ0v) is 13.0. The summed E-state index contributed by atoms with van der Waals surface area (Å²) in [5.41, 5.74) is 1.18. The number of benzene rings is 1. The molecule has 1 aromatic carbocycles. The number of rotatable bonds is 5. The summed E-state index contributed by atoms with van der Waals surface area (Å²) < 4.78 is 0. The van der Waals surface area contributed by atoms with Crippen molar-refractivity contribution in [2.24, 2.45) is 0 Å². The number of carbonyl (C=O) groups excluding carboxylic acids is 1. The molecule has 1 aromatic rings. The van der Waals surface area contributed by atoms with Gasteiger partial charge in [-0.1, -0.05) is 29.8 Å². The normalized spacial score (nSPS) is 15.8. The topological polar surface area (TPSA) is 35.6 Å². The molecule has 0 radical (unpaired) electrons. The first kappa shape index (κ1) is 15.9. The van der Waals surface area contributed by atoms with E-state index in [-0.39, 0.29) is 6.03 Å². The summed E-state index contributed by atoms with van der Waals surface area (Å²) >= 11 is 5.85. The Morgan fingerprint density at radius 2 is 1.90 bits per heavy atom. The van der Waals surface area contributed by atoms with E-state index in [2.05, 4.69) is 16.8 Å². The summed E-state index contributed by atoms with van der Waals surface area (Å²) in [6, 6.07) is 7.75. The average Bonchev–Trinajstić information content (AvgIpc) is 2.50. The van der Waals surface area contributed by atoms with Gasteiger partial charge in [0.05, 0.1) is 0 Å². The largest absolute Gasteiger partial charge is 0.338 e. The van der Waals surface area contributed by atoms with E-state index in [0.29, 0.717) is 6.54 Å². The molecule has 0 aliphatic carbocycles. The number of piperazine rings is 1. The third-order valence-electron chi connectivity index (χ3n) is 3.65. The quantitative estimate of drug-likeness (QED) is 0.848. The van der Waals surface area contributed by atoms with Crippen LogP contribution < -0.4 is 5.32 Å². The average molecular weight is 308 g/mol. The zero-order chi connectivity index (χ0) is 15.1. The molecule has 2 amide bonds. The van der Waals surface area contributed by atoms with E-state index in [9.17, 15) is 4.79 Å². The van der Waals surface area contributed by atoms with Crippen LogP contribution in [0.3, 0.4) is 0 Å². The van der Waals surface area contributed by atoms with Crippen molar-refractivity contribution in [3.63, 3.8) is 0 Å².